The maximum Gasteiger partial charge on any atom is 0.167 e. The summed E-state index contributed by atoms with van der Waals surface area (Å²) >= 11 is 9.12. The molecule has 0 radical (unpaired) electrons. The third kappa shape index (κ3) is 3.87. The van der Waals surface area contributed by atoms with Crippen molar-refractivity contribution in [1.29, 1.82) is 0 Å². The molecule has 2 rings (SSSR count). The summed E-state index contributed by atoms with van der Waals surface area (Å²) in [5.74, 6) is 0.374. The van der Waals surface area contributed by atoms with Crippen LogP contribution < -0.4 is 9.47 Å². The van der Waals surface area contributed by atoms with Crippen molar-refractivity contribution in [2.24, 2.45) is 0 Å². The van der Waals surface area contributed by atoms with Crippen molar-refractivity contribution >= 4 is 27.5 Å². The maximum absolute atomic E-state index is 13.8. The molecule has 0 aromatic heterocycles. The summed E-state index contributed by atoms with van der Waals surface area (Å²) in [5, 5.41) is 9.81. The first-order valence-electron chi connectivity index (χ1n) is 6.09. The standard InChI is InChI=1S/C15H13BrClFO3/c1-20-14-6-12(17)4-10(7-19)15(14)21-8-9-2-3-11(16)5-13(9)18/h2-6,19H,7-8H2,1H3. The predicted molar refractivity (Wildman–Crippen MR) is 82.4 cm³/mol. The van der Waals surface area contributed by atoms with Gasteiger partial charge in [0.15, 0.2) is 11.5 Å². The Labute approximate surface area is 135 Å². The zero-order chi connectivity index (χ0) is 15.4. The van der Waals surface area contributed by atoms with Crippen molar-refractivity contribution in [2.75, 3.05) is 7.11 Å². The van der Waals surface area contributed by atoms with Crippen LogP contribution in [-0.2, 0) is 13.2 Å². The normalized spacial score (nSPS) is 10.5. The van der Waals surface area contributed by atoms with Crippen LogP contribution in [0.3, 0.4) is 0 Å². The Balaban J connectivity index is 2.26. The Hall–Kier alpha value is -1.30. The molecule has 6 heteroatoms. The molecule has 0 unspecified atom stereocenters. The average Bonchev–Trinajstić information content (AvgIpc) is 2.46. The molecule has 0 saturated heterocycles. The van der Waals surface area contributed by atoms with E-state index in [1.165, 1.54) is 13.2 Å². The van der Waals surface area contributed by atoms with E-state index in [1.807, 2.05) is 0 Å². The minimum Gasteiger partial charge on any atom is -0.493 e. The van der Waals surface area contributed by atoms with Gasteiger partial charge in [-0.1, -0.05) is 33.6 Å². The third-order valence-electron chi connectivity index (χ3n) is 2.87. The van der Waals surface area contributed by atoms with Crippen LogP contribution in [0.2, 0.25) is 5.02 Å². The molecule has 112 valence electrons. The number of aliphatic hydroxyl groups is 1. The molecule has 3 nitrogen and oxygen atoms in total. The van der Waals surface area contributed by atoms with E-state index in [0.717, 1.165) is 0 Å². The Morgan fingerprint density at radius 3 is 2.62 bits per heavy atom. The SMILES string of the molecule is COc1cc(Cl)cc(CO)c1OCc1ccc(Br)cc1F. The van der Waals surface area contributed by atoms with Crippen molar-refractivity contribution in [3.8, 4) is 11.5 Å². The van der Waals surface area contributed by atoms with Crippen LogP contribution >= 0.6 is 27.5 Å². The van der Waals surface area contributed by atoms with Crippen LogP contribution in [0.25, 0.3) is 0 Å². The lowest BCUT2D eigenvalue weighted by Crippen LogP contribution is -2.03. The molecule has 0 aliphatic carbocycles. The fourth-order valence-electron chi connectivity index (χ4n) is 1.84. The summed E-state index contributed by atoms with van der Waals surface area (Å²) in [7, 11) is 1.47. The van der Waals surface area contributed by atoms with Crippen LogP contribution in [0.1, 0.15) is 11.1 Å². The number of benzene rings is 2. The van der Waals surface area contributed by atoms with Crippen LogP contribution in [-0.4, -0.2) is 12.2 Å². The minimum absolute atomic E-state index is 0.0180. The number of halogens is 3. The molecule has 0 amide bonds. The molecule has 1 N–H and O–H groups in total. The van der Waals surface area contributed by atoms with E-state index in [1.54, 1.807) is 24.3 Å². The number of methoxy groups -OCH3 is 1. The van der Waals surface area contributed by atoms with E-state index in [9.17, 15) is 9.50 Å². The van der Waals surface area contributed by atoms with Gasteiger partial charge in [0.25, 0.3) is 0 Å². The quantitative estimate of drug-likeness (QED) is 0.846. The number of rotatable bonds is 5. The second-order valence-corrected chi connectivity index (χ2v) is 5.63. The van der Waals surface area contributed by atoms with E-state index in [-0.39, 0.29) is 19.0 Å². The first-order valence-corrected chi connectivity index (χ1v) is 7.26. The molecule has 0 saturated carbocycles. The highest BCUT2D eigenvalue weighted by atomic mass is 79.9. The molecule has 21 heavy (non-hydrogen) atoms. The van der Waals surface area contributed by atoms with Gasteiger partial charge in [0.1, 0.15) is 12.4 Å². The Morgan fingerprint density at radius 1 is 1.24 bits per heavy atom. The molecule has 0 atom stereocenters. The summed E-state index contributed by atoms with van der Waals surface area (Å²) < 4.78 is 25.2. The van der Waals surface area contributed by atoms with Gasteiger partial charge in [-0.15, -0.1) is 0 Å². The van der Waals surface area contributed by atoms with Crippen molar-refractivity contribution < 1.29 is 19.0 Å². The zero-order valence-electron chi connectivity index (χ0n) is 11.2. The third-order valence-corrected chi connectivity index (χ3v) is 3.59. The van der Waals surface area contributed by atoms with Crippen LogP contribution in [0.4, 0.5) is 4.39 Å². The Bertz CT molecular complexity index is 624. The van der Waals surface area contributed by atoms with Gasteiger partial charge >= 0.3 is 0 Å². The number of hydrogen-bond donors (Lipinski definition) is 1. The van der Waals surface area contributed by atoms with E-state index in [4.69, 9.17) is 21.1 Å². The summed E-state index contributed by atoms with van der Waals surface area (Å²) in [6, 6.07) is 7.88. The minimum atomic E-state index is -0.372. The van der Waals surface area contributed by atoms with Crippen molar-refractivity contribution in [1.82, 2.24) is 0 Å². The molecule has 0 heterocycles. The highest BCUT2D eigenvalue weighted by molar-refractivity contribution is 9.10. The van der Waals surface area contributed by atoms with E-state index >= 15 is 0 Å². The van der Waals surface area contributed by atoms with E-state index in [2.05, 4.69) is 15.9 Å². The van der Waals surface area contributed by atoms with Gasteiger partial charge in [0.2, 0.25) is 0 Å². The lowest BCUT2D eigenvalue weighted by molar-refractivity contribution is 0.248. The largest absolute Gasteiger partial charge is 0.493 e. The van der Waals surface area contributed by atoms with Crippen LogP contribution in [0.5, 0.6) is 11.5 Å². The molecule has 0 aliphatic heterocycles. The van der Waals surface area contributed by atoms with Gasteiger partial charge in [0.05, 0.1) is 13.7 Å². The second-order valence-electron chi connectivity index (χ2n) is 4.28. The number of aliphatic hydroxyl groups excluding tert-OH is 1. The lowest BCUT2D eigenvalue weighted by Gasteiger charge is -2.15. The molecule has 2 aromatic carbocycles. The first-order chi connectivity index (χ1) is 10.0. The first kappa shape index (κ1) is 16.1. The molecule has 0 fully saturated rings. The smallest absolute Gasteiger partial charge is 0.167 e. The van der Waals surface area contributed by atoms with E-state index < -0.39 is 0 Å². The second kappa shape index (κ2) is 7.11. The molecule has 0 spiro atoms. The molecule has 0 bridgehead atoms. The highest BCUT2D eigenvalue weighted by Crippen LogP contribution is 2.35. The number of ether oxygens (including phenoxy) is 2. The molecular weight excluding hydrogens is 363 g/mol. The maximum atomic E-state index is 13.8. The molecule has 2 aromatic rings. The van der Waals surface area contributed by atoms with E-state index in [0.29, 0.717) is 32.1 Å². The van der Waals surface area contributed by atoms with Crippen molar-refractivity contribution in [3.63, 3.8) is 0 Å². The van der Waals surface area contributed by atoms with Crippen molar-refractivity contribution in [2.45, 2.75) is 13.2 Å². The van der Waals surface area contributed by atoms with Crippen LogP contribution in [0.15, 0.2) is 34.8 Å². The summed E-state index contributed by atoms with van der Waals surface area (Å²) in [4.78, 5) is 0. The van der Waals surface area contributed by atoms with Gasteiger partial charge in [-0.25, -0.2) is 4.39 Å². The highest BCUT2D eigenvalue weighted by Gasteiger charge is 2.13. The van der Waals surface area contributed by atoms with Gasteiger partial charge in [-0.3, -0.25) is 0 Å². The Morgan fingerprint density at radius 2 is 2.00 bits per heavy atom. The summed E-state index contributed by atoms with van der Waals surface area (Å²) in [6.45, 7) is -0.237. The zero-order valence-corrected chi connectivity index (χ0v) is 13.5. The molecule has 0 aliphatic rings. The topological polar surface area (TPSA) is 38.7 Å². The van der Waals surface area contributed by atoms with Gasteiger partial charge in [-0.2, -0.15) is 0 Å². The van der Waals surface area contributed by atoms with Crippen molar-refractivity contribution in [3.05, 3.63) is 56.8 Å². The summed E-state index contributed by atoms with van der Waals surface area (Å²) in [6.07, 6.45) is 0. The summed E-state index contributed by atoms with van der Waals surface area (Å²) in [5.41, 5.74) is 0.885. The van der Waals surface area contributed by atoms with Gasteiger partial charge < -0.3 is 14.6 Å². The fraction of sp³-hybridized carbons (Fsp3) is 0.200. The van der Waals surface area contributed by atoms with Gasteiger partial charge in [0, 0.05) is 26.7 Å². The Kier molecular flexibility index (Phi) is 5.45. The van der Waals surface area contributed by atoms with Gasteiger partial charge in [-0.05, 0) is 18.2 Å². The average molecular weight is 376 g/mol. The fourth-order valence-corrected chi connectivity index (χ4v) is 2.41. The molecular formula is C15H13BrClFO3. The predicted octanol–water partition coefficient (Wildman–Crippen LogP) is 4.32. The monoisotopic (exact) mass is 374 g/mol. The van der Waals surface area contributed by atoms with Crippen LogP contribution in [0, 0.1) is 5.82 Å². The lowest BCUT2D eigenvalue weighted by atomic mass is 10.2. The number of hydrogen-bond acceptors (Lipinski definition) is 3.